The van der Waals surface area contributed by atoms with Crippen molar-refractivity contribution >= 4 is 20.0 Å². The van der Waals surface area contributed by atoms with E-state index in [1.54, 1.807) is 24.3 Å². The van der Waals surface area contributed by atoms with Crippen LogP contribution in [0.5, 0.6) is 0 Å². The van der Waals surface area contributed by atoms with Crippen LogP contribution in [-0.2, 0) is 4.57 Å². The predicted molar refractivity (Wildman–Crippen MR) is 55.7 cm³/mol. The van der Waals surface area contributed by atoms with Crippen LogP contribution < -0.4 is 15.3 Å². The maximum absolute atomic E-state index is 11.9. The molecule has 0 aliphatic carbocycles. The zero-order valence-corrected chi connectivity index (χ0v) is 8.52. The smallest absolute Gasteiger partial charge is 0.279 e. The Morgan fingerprint density at radius 3 is 2.73 bits per heavy atom. The van der Waals surface area contributed by atoms with Gasteiger partial charge in [0.25, 0.3) is 8.61 Å². The first kappa shape index (κ1) is 9.97. The van der Waals surface area contributed by atoms with E-state index < -0.39 is 4.76 Å². The molecule has 0 radical (unpaired) electrons. The second kappa shape index (κ2) is 3.90. The van der Waals surface area contributed by atoms with Gasteiger partial charge in [-0.1, -0.05) is 0 Å². The molecular formula is C7H8N5O2P. The van der Waals surface area contributed by atoms with Crippen LogP contribution in [0.1, 0.15) is 0 Å². The molecule has 1 aliphatic rings. The van der Waals surface area contributed by atoms with Gasteiger partial charge in [-0.2, -0.15) is 4.76 Å². The van der Waals surface area contributed by atoms with Crippen molar-refractivity contribution in [2.75, 3.05) is 11.8 Å². The van der Waals surface area contributed by atoms with E-state index in [9.17, 15) is 9.77 Å². The van der Waals surface area contributed by atoms with Crippen molar-refractivity contribution < 1.29 is 4.57 Å². The number of benzene rings is 1. The molecule has 0 aromatic heterocycles. The van der Waals surface area contributed by atoms with Gasteiger partial charge in [0, 0.05) is 17.8 Å². The van der Waals surface area contributed by atoms with Gasteiger partial charge in [-0.05, 0) is 17.4 Å². The van der Waals surface area contributed by atoms with E-state index in [1.807, 2.05) is 0 Å². The fourth-order valence-corrected chi connectivity index (χ4v) is 1.48. The van der Waals surface area contributed by atoms with E-state index >= 15 is 0 Å². The minimum atomic E-state index is -0.866. The van der Waals surface area contributed by atoms with Gasteiger partial charge in [-0.25, -0.2) is 9.99 Å². The van der Waals surface area contributed by atoms with E-state index in [2.05, 4.69) is 21.0 Å². The molecule has 2 rings (SSSR count). The number of hydroxylamine groups is 1. The monoisotopic (exact) mass is 225 g/mol. The number of rotatable bonds is 3. The molecule has 0 fully saturated rings. The third-order valence-electron chi connectivity index (χ3n) is 1.99. The highest BCUT2D eigenvalue weighted by atomic mass is 31.1. The zero-order valence-electron chi connectivity index (χ0n) is 7.62. The number of nitrogens with zero attached hydrogens (tertiary/aromatic N) is 3. The largest absolute Gasteiger partial charge is 0.597 e. The number of quaternary nitrogens is 1. The molecule has 0 saturated carbocycles. The van der Waals surface area contributed by atoms with Crippen LogP contribution in [0.3, 0.4) is 0 Å². The topological polar surface area (TPSA) is 88.9 Å². The summed E-state index contributed by atoms with van der Waals surface area (Å²) in [6.07, 6.45) is 0. The Hall–Kier alpha value is -1.56. The molecule has 1 aliphatic heterocycles. The summed E-state index contributed by atoms with van der Waals surface area (Å²) in [5, 5.41) is 21.4. The molecule has 0 saturated heterocycles. The van der Waals surface area contributed by atoms with Crippen LogP contribution in [0.4, 0.5) is 11.4 Å². The Morgan fingerprint density at radius 1 is 1.47 bits per heavy atom. The van der Waals surface area contributed by atoms with Crippen LogP contribution in [0, 0.1) is 5.21 Å². The Morgan fingerprint density at radius 2 is 2.20 bits per heavy atom. The SMILES string of the molecule is O=PNc1ccc([N+]2([O-])CNN=N2)cc1. The first-order valence-electron chi connectivity index (χ1n) is 4.18. The van der Waals surface area contributed by atoms with Gasteiger partial charge in [0.1, 0.15) is 0 Å². The fourth-order valence-electron chi connectivity index (χ4n) is 1.23. The predicted octanol–water partition coefficient (Wildman–Crippen LogP) is 1.95. The minimum absolute atomic E-state index is 0.0899. The summed E-state index contributed by atoms with van der Waals surface area (Å²) in [7, 11) is -0.176. The molecule has 0 spiro atoms. The Balaban J connectivity index is 2.23. The quantitative estimate of drug-likeness (QED) is 0.467. The van der Waals surface area contributed by atoms with Gasteiger partial charge < -0.3 is 10.3 Å². The van der Waals surface area contributed by atoms with E-state index in [-0.39, 0.29) is 15.3 Å². The third-order valence-corrected chi connectivity index (χ3v) is 2.34. The molecule has 0 amide bonds. The van der Waals surface area contributed by atoms with E-state index in [0.717, 1.165) is 0 Å². The summed E-state index contributed by atoms with van der Waals surface area (Å²) >= 11 is 0. The number of hydrogen-bond acceptors (Lipinski definition) is 5. The van der Waals surface area contributed by atoms with Crippen molar-refractivity contribution in [2.24, 2.45) is 10.4 Å². The summed E-state index contributed by atoms with van der Waals surface area (Å²) in [6, 6.07) is 6.55. The standard InChI is InChI=1S/C7H8N5O2P/c13-12(5-8-10-11-12)7-3-1-6(2-4-7)9-15-14/h1-4H,5H2,(H,8,11)(H,9,14). The molecule has 15 heavy (non-hydrogen) atoms. The molecule has 1 atom stereocenters. The van der Waals surface area contributed by atoms with Gasteiger partial charge in [0.15, 0.2) is 12.4 Å². The first-order valence-corrected chi connectivity index (χ1v) is 4.99. The van der Waals surface area contributed by atoms with Gasteiger partial charge in [-0.3, -0.25) is 0 Å². The lowest BCUT2D eigenvalue weighted by atomic mass is 10.3. The van der Waals surface area contributed by atoms with Gasteiger partial charge in [0.05, 0.1) is 5.22 Å². The molecule has 1 aromatic carbocycles. The molecule has 78 valence electrons. The number of anilines is 1. The van der Waals surface area contributed by atoms with E-state index in [0.29, 0.717) is 11.4 Å². The Kier molecular flexibility index (Phi) is 2.59. The van der Waals surface area contributed by atoms with Gasteiger partial charge >= 0.3 is 0 Å². The lowest BCUT2D eigenvalue weighted by Gasteiger charge is -2.27. The number of hydrogen-bond donors (Lipinski definition) is 2. The second-order valence-electron chi connectivity index (χ2n) is 2.96. The molecule has 1 aromatic rings. The van der Waals surface area contributed by atoms with E-state index in [4.69, 9.17) is 0 Å². The van der Waals surface area contributed by atoms with Crippen molar-refractivity contribution in [1.82, 2.24) is 10.2 Å². The zero-order chi connectivity index (χ0) is 10.7. The summed E-state index contributed by atoms with van der Waals surface area (Å²) in [6.45, 7) is 0.0899. The van der Waals surface area contributed by atoms with Crippen LogP contribution >= 0.6 is 8.61 Å². The van der Waals surface area contributed by atoms with Crippen molar-refractivity contribution in [2.45, 2.75) is 0 Å². The fraction of sp³-hybridized carbons (Fsp3) is 0.143. The summed E-state index contributed by atoms with van der Waals surface area (Å²) < 4.78 is 9.39. The molecule has 1 heterocycles. The number of nitrogens with one attached hydrogen (secondary N) is 2. The van der Waals surface area contributed by atoms with E-state index in [1.165, 1.54) is 0 Å². The molecule has 1 unspecified atom stereocenters. The normalized spacial score (nSPS) is 24.1. The second-order valence-corrected chi connectivity index (χ2v) is 3.36. The van der Waals surface area contributed by atoms with Crippen LogP contribution in [0.25, 0.3) is 0 Å². The van der Waals surface area contributed by atoms with Crippen molar-refractivity contribution in [3.05, 3.63) is 29.5 Å². The highest BCUT2D eigenvalue weighted by Gasteiger charge is 2.24. The van der Waals surface area contributed by atoms with Gasteiger partial charge in [-0.15, -0.1) is 0 Å². The lowest BCUT2D eigenvalue weighted by molar-refractivity contribution is 0.416. The summed E-state index contributed by atoms with van der Waals surface area (Å²) in [5.41, 5.74) is 3.64. The average molecular weight is 225 g/mol. The molecular weight excluding hydrogens is 217 g/mol. The summed E-state index contributed by atoms with van der Waals surface area (Å²) in [4.78, 5) is 0. The van der Waals surface area contributed by atoms with Crippen molar-refractivity contribution in [3.8, 4) is 0 Å². The maximum Gasteiger partial charge on any atom is 0.279 e. The Bertz CT molecular complexity index is 395. The Labute approximate surface area is 87.2 Å². The first-order chi connectivity index (χ1) is 7.24. The minimum Gasteiger partial charge on any atom is -0.597 e. The molecule has 0 bridgehead atoms. The average Bonchev–Trinajstić information content (AvgIpc) is 2.68. The van der Waals surface area contributed by atoms with Crippen molar-refractivity contribution in [3.63, 3.8) is 0 Å². The molecule has 7 nitrogen and oxygen atoms in total. The highest BCUT2D eigenvalue weighted by molar-refractivity contribution is 7.25. The molecule has 8 heteroatoms. The lowest BCUT2D eigenvalue weighted by Crippen LogP contribution is -2.38. The van der Waals surface area contributed by atoms with Crippen LogP contribution in [-0.4, -0.2) is 6.67 Å². The highest BCUT2D eigenvalue weighted by Crippen LogP contribution is 2.26. The van der Waals surface area contributed by atoms with Crippen LogP contribution in [0.15, 0.2) is 34.7 Å². The van der Waals surface area contributed by atoms with Gasteiger partial charge in [0.2, 0.25) is 0 Å². The maximum atomic E-state index is 11.9. The van der Waals surface area contributed by atoms with Crippen molar-refractivity contribution in [1.29, 1.82) is 0 Å². The third kappa shape index (κ3) is 1.94. The summed E-state index contributed by atoms with van der Waals surface area (Å²) in [5.74, 6) is 0. The molecule has 2 N–H and O–H groups in total. The van der Waals surface area contributed by atoms with Crippen LogP contribution in [0.2, 0.25) is 0 Å².